The number of urea groups is 1. The van der Waals surface area contributed by atoms with E-state index in [-0.39, 0.29) is 51.2 Å². The highest BCUT2D eigenvalue weighted by molar-refractivity contribution is 5.98. The summed E-state index contributed by atoms with van der Waals surface area (Å²) < 4.78 is 43.3. The summed E-state index contributed by atoms with van der Waals surface area (Å²) in [5.74, 6) is -5.35. The smallest absolute Gasteiger partial charge is 0.324 e. The van der Waals surface area contributed by atoms with E-state index >= 15 is 0 Å². The third kappa shape index (κ3) is 4.72. The molecule has 10 heteroatoms. The number of benzene rings is 2. The van der Waals surface area contributed by atoms with Gasteiger partial charge in [-0.25, -0.2) is 18.0 Å². The number of hydrogen-bond donors (Lipinski definition) is 1. The zero-order chi connectivity index (χ0) is 27.1. The Labute approximate surface area is 218 Å². The number of nitrogens with zero attached hydrogens (tertiary/aromatic N) is 3. The largest absolute Gasteiger partial charge is 0.481 e. The van der Waals surface area contributed by atoms with Crippen molar-refractivity contribution in [3.8, 4) is 0 Å². The second-order valence-corrected chi connectivity index (χ2v) is 10.5. The molecule has 1 atom stereocenters. The summed E-state index contributed by atoms with van der Waals surface area (Å²) in [6, 6.07) is 10.9. The van der Waals surface area contributed by atoms with Gasteiger partial charge in [-0.05, 0) is 61.9 Å². The van der Waals surface area contributed by atoms with Crippen LogP contribution in [0.4, 0.5) is 29.3 Å². The molecule has 7 nitrogen and oxygen atoms in total. The predicted molar refractivity (Wildman–Crippen MR) is 135 cm³/mol. The Morgan fingerprint density at radius 3 is 2.34 bits per heavy atom. The molecule has 0 bridgehead atoms. The van der Waals surface area contributed by atoms with Crippen LogP contribution in [-0.4, -0.2) is 59.5 Å². The summed E-state index contributed by atoms with van der Waals surface area (Å²) in [6.07, 6.45) is 0.264. The number of likely N-dealkylation sites (tertiary alicyclic amines) is 1. The average molecular weight is 530 g/mol. The normalized spacial score (nSPS) is 21.7. The second kappa shape index (κ2) is 9.96. The molecule has 1 saturated carbocycles. The molecule has 1 aliphatic carbocycles. The first-order valence-corrected chi connectivity index (χ1v) is 12.9. The van der Waals surface area contributed by atoms with Crippen LogP contribution in [0.3, 0.4) is 0 Å². The van der Waals surface area contributed by atoms with Gasteiger partial charge < -0.3 is 14.9 Å². The molecule has 1 N–H and O–H groups in total. The number of piperidine rings is 1. The number of carboxylic acid groups (broad SMARTS) is 1. The lowest BCUT2D eigenvalue weighted by Gasteiger charge is -2.41. The van der Waals surface area contributed by atoms with Crippen molar-refractivity contribution in [2.75, 3.05) is 29.4 Å². The van der Waals surface area contributed by atoms with Crippen LogP contribution >= 0.6 is 0 Å². The first kappa shape index (κ1) is 26.1. The molecule has 1 unspecified atom stereocenters. The summed E-state index contributed by atoms with van der Waals surface area (Å²) in [4.78, 5) is 43.4. The van der Waals surface area contributed by atoms with E-state index in [0.717, 1.165) is 10.5 Å². The van der Waals surface area contributed by atoms with Crippen molar-refractivity contribution in [2.45, 2.75) is 56.9 Å². The molecule has 5 rings (SSSR count). The van der Waals surface area contributed by atoms with E-state index in [4.69, 9.17) is 0 Å². The molecule has 1 saturated heterocycles. The van der Waals surface area contributed by atoms with Gasteiger partial charge in [0.1, 0.15) is 11.9 Å². The zero-order valence-electron chi connectivity index (χ0n) is 20.9. The zero-order valence-corrected chi connectivity index (χ0v) is 20.9. The molecule has 0 radical (unpaired) electrons. The molecule has 0 aromatic heterocycles. The van der Waals surface area contributed by atoms with Gasteiger partial charge in [-0.3, -0.25) is 14.5 Å². The minimum absolute atomic E-state index is 0.00729. The van der Waals surface area contributed by atoms with Gasteiger partial charge >= 0.3 is 12.0 Å². The molecule has 2 aromatic rings. The van der Waals surface area contributed by atoms with Crippen molar-refractivity contribution in [3.63, 3.8) is 0 Å². The monoisotopic (exact) mass is 529 g/mol. The summed E-state index contributed by atoms with van der Waals surface area (Å²) in [5.41, 5.74) is 0.212. The molecular formula is C28H30F3N3O4. The minimum atomic E-state index is -3.07. The Balaban J connectivity index is 1.33. The lowest BCUT2D eigenvalue weighted by molar-refractivity contribution is -0.154. The van der Waals surface area contributed by atoms with E-state index in [1.807, 2.05) is 0 Å². The molecule has 0 spiro atoms. The van der Waals surface area contributed by atoms with Gasteiger partial charge in [0.05, 0.1) is 11.1 Å². The van der Waals surface area contributed by atoms with Crippen LogP contribution in [0.15, 0.2) is 48.5 Å². The van der Waals surface area contributed by atoms with E-state index in [2.05, 4.69) is 0 Å². The molecule has 2 aromatic carbocycles. The quantitative estimate of drug-likeness (QED) is 0.586. The van der Waals surface area contributed by atoms with Gasteiger partial charge in [0, 0.05) is 38.2 Å². The number of fused-ring (bicyclic) bond motifs is 1. The Morgan fingerprint density at radius 2 is 1.71 bits per heavy atom. The van der Waals surface area contributed by atoms with Gasteiger partial charge in [-0.15, -0.1) is 0 Å². The minimum Gasteiger partial charge on any atom is -0.481 e. The Bertz CT molecular complexity index is 1230. The average Bonchev–Trinajstić information content (AvgIpc) is 3.47. The number of rotatable bonds is 5. The van der Waals surface area contributed by atoms with Gasteiger partial charge in [-0.2, -0.15) is 0 Å². The fraction of sp³-hybridized carbons (Fsp3) is 0.464. The number of aliphatic carboxylic acids is 1. The number of para-hydroxylation sites is 1. The van der Waals surface area contributed by atoms with Gasteiger partial charge in [-0.1, -0.05) is 24.3 Å². The van der Waals surface area contributed by atoms with Crippen molar-refractivity contribution in [2.24, 2.45) is 5.41 Å². The molecule has 38 heavy (non-hydrogen) atoms. The highest BCUT2D eigenvalue weighted by Crippen LogP contribution is 2.43. The number of hydrogen-bond acceptors (Lipinski definition) is 3. The maximum absolute atomic E-state index is 14.8. The SMILES string of the molecule is O=C(N1CCC(CC(=O)N(c2ccccc2)C2CCCC2(F)F)(C(=O)O)CC1)N1CCc2ccc(F)cc21. The third-order valence-corrected chi connectivity index (χ3v) is 8.20. The molecule has 2 fully saturated rings. The van der Waals surface area contributed by atoms with E-state index in [1.54, 1.807) is 36.4 Å². The first-order chi connectivity index (χ1) is 18.1. The van der Waals surface area contributed by atoms with Crippen molar-refractivity contribution >= 4 is 29.3 Å². The number of halogens is 3. The lowest BCUT2D eigenvalue weighted by Crippen LogP contribution is -2.54. The highest BCUT2D eigenvalue weighted by Gasteiger charge is 2.51. The molecular weight excluding hydrogens is 499 g/mol. The van der Waals surface area contributed by atoms with Crippen molar-refractivity contribution in [1.29, 1.82) is 0 Å². The van der Waals surface area contributed by atoms with Gasteiger partial charge in [0.2, 0.25) is 5.91 Å². The molecule has 2 heterocycles. The fourth-order valence-electron chi connectivity index (χ4n) is 6.00. The number of carboxylic acids is 1. The van der Waals surface area contributed by atoms with Crippen LogP contribution < -0.4 is 9.80 Å². The number of amides is 3. The lowest BCUT2D eigenvalue weighted by atomic mass is 9.75. The summed E-state index contributed by atoms with van der Waals surface area (Å²) >= 11 is 0. The number of carbonyl (C=O) groups excluding carboxylic acids is 2. The number of anilines is 2. The van der Waals surface area contributed by atoms with Crippen molar-refractivity contribution in [3.05, 3.63) is 59.9 Å². The maximum Gasteiger partial charge on any atom is 0.324 e. The van der Waals surface area contributed by atoms with Crippen LogP contribution in [0.2, 0.25) is 0 Å². The van der Waals surface area contributed by atoms with Crippen LogP contribution in [0, 0.1) is 11.2 Å². The highest BCUT2D eigenvalue weighted by atomic mass is 19.3. The van der Waals surface area contributed by atoms with Crippen LogP contribution in [0.25, 0.3) is 0 Å². The third-order valence-electron chi connectivity index (χ3n) is 8.20. The maximum atomic E-state index is 14.8. The molecule has 3 aliphatic rings. The Kier molecular flexibility index (Phi) is 6.83. The second-order valence-electron chi connectivity index (χ2n) is 10.5. The summed E-state index contributed by atoms with van der Waals surface area (Å²) in [6.45, 7) is 0.577. The number of carbonyl (C=O) groups is 3. The molecule has 3 amide bonds. The first-order valence-electron chi connectivity index (χ1n) is 12.9. The van der Waals surface area contributed by atoms with E-state index in [9.17, 15) is 32.7 Å². The van der Waals surface area contributed by atoms with Crippen LogP contribution in [0.1, 0.15) is 44.1 Å². The van der Waals surface area contributed by atoms with Gasteiger partial charge in [0.15, 0.2) is 0 Å². The summed E-state index contributed by atoms with van der Waals surface area (Å²) in [7, 11) is 0. The number of alkyl halides is 2. The van der Waals surface area contributed by atoms with E-state index in [1.165, 1.54) is 21.9 Å². The summed E-state index contributed by atoms with van der Waals surface area (Å²) in [5, 5.41) is 10.2. The van der Waals surface area contributed by atoms with Crippen molar-refractivity contribution < 1.29 is 32.7 Å². The van der Waals surface area contributed by atoms with E-state index in [0.29, 0.717) is 24.3 Å². The molecule has 202 valence electrons. The predicted octanol–water partition coefficient (Wildman–Crippen LogP) is 5.09. The van der Waals surface area contributed by atoms with Crippen LogP contribution in [0.5, 0.6) is 0 Å². The standard InChI is InChI=1S/C28H30F3N3O4/c29-20-9-8-19-10-14-33(22(19)17-20)26(38)32-15-12-27(13-16-32,25(36)37)18-24(35)34(21-5-2-1-3-6-21)23-7-4-11-28(23,30)31/h1-3,5-6,8-9,17,23H,4,7,10-16,18H2,(H,36,37). The van der Waals surface area contributed by atoms with Crippen molar-refractivity contribution in [1.82, 2.24) is 4.90 Å². The molecule has 2 aliphatic heterocycles. The Morgan fingerprint density at radius 1 is 1.00 bits per heavy atom. The van der Waals surface area contributed by atoms with E-state index < -0.39 is 41.5 Å². The Hall–Kier alpha value is -3.56. The topological polar surface area (TPSA) is 81.2 Å². The fourth-order valence-corrected chi connectivity index (χ4v) is 6.00. The van der Waals surface area contributed by atoms with Gasteiger partial charge in [0.25, 0.3) is 5.92 Å². The van der Waals surface area contributed by atoms with Crippen LogP contribution in [-0.2, 0) is 16.0 Å².